The summed E-state index contributed by atoms with van der Waals surface area (Å²) in [6.45, 7) is 3.53. The standard InChI is InChI=1S/C11H20FN3O2.2ClH/c1-3-11(14,10(16)17)6-4-9(12)5-7-15-8(2)13;;/h4H,3,5-7,14H2,1-2H3,(H2,13,15)(H,16,17);2*1H/b9-4-;;/t11-;;/m0../s1. The molecule has 0 bridgehead atoms. The Morgan fingerprint density at radius 1 is 1.47 bits per heavy atom. The number of carboxylic acid groups (broad SMARTS) is 1. The Balaban J connectivity index is -0.00000128. The lowest BCUT2D eigenvalue weighted by Crippen LogP contribution is -2.46. The van der Waals surface area contributed by atoms with Crippen LogP contribution in [0.15, 0.2) is 16.9 Å². The maximum Gasteiger partial charge on any atom is 0.323 e. The van der Waals surface area contributed by atoms with Crippen molar-refractivity contribution in [3.05, 3.63) is 11.9 Å². The van der Waals surface area contributed by atoms with Crippen molar-refractivity contribution < 1.29 is 14.3 Å². The highest BCUT2D eigenvalue weighted by Crippen LogP contribution is 2.16. The van der Waals surface area contributed by atoms with Gasteiger partial charge in [0, 0.05) is 13.0 Å². The van der Waals surface area contributed by atoms with Gasteiger partial charge in [0.05, 0.1) is 11.7 Å². The SMILES string of the molecule is CC[C@](N)(C/C=C(\F)CCN=C(C)N)C(=O)O.Cl.Cl. The zero-order valence-electron chi connectivity index (χ0n) is 11.1. The number of nitrogens with two attached hydrogens (primary N) is 2. The number of aliphatic carboxylic acids is 1. The summed E-state index contributed by atoms with van der Waals surface area (Å²) in [5.41, 5.74) is 9.50. The van der Waals surface area contributed by atoms with Crippen LogP contribution in [-0.2, 0) is 4.79 Å². The molecule has 114 valence electrons. The number of halogens is 3. The van der Waals surface area contributed by atoms with Gasteiger partial charge in [0.2, 0.25) is 0 Å². The van der Waals surface area contributed by atoms with Gasteiger partial charge in [-0.15, -0.1) is 24.8 Å². The molecule has 0 aromatic carbocycles. The molecule has 0 aromatic rings. The minimum absolute atomic E-state index is 0. The highest BCUT2D eigenvalue weighted by Gasteiger charge is 2.30. The van der Waals surface area contributed by atoms with Crippen LogP contribution in [0.1, 0.15) is 33.1 Å². The molecule has 8 heteroatoms. The topological polar surface area (TPSA) is 102 Å². The lowest BCUT2D eigenvalue weighted by molar-refractivity contribution is -0.143. The summed E-state index contributed by atoms with van der Waals surface area (Å²) in [5.74, 6) is -1.15. The summed E-state index contributed by atoms with van der Waals surface area (Å²) in [7, 11) is 0. The number of aliphatic imine (C=N–C) groups is 1. The van der Waals surface area contributed by atoms with Crippen molar-refractivity contribution in [2.45, 2.75) is 38.6 Å². The third-order valence-electron chi connectivity index (χ3n) is 2.46. The molecule has 0 unspecified atom stereocenters. The maximum absolute atomic E-state index is 13.3. The van der Waals surface area contributed by atoms with Gasteiger partial charge >= 0.3 is 5.97 Å². The molecule has 5 nitrogen and oxygen atoms in total. The van der Waals surface area contributed by atoms with E-state index in [9.17, 15) is 9.18 Å². The summed E-state index contributed by atoms with van der Waals surface area (Å²) >= 11 is 0. The minimum Gasteiger partial charge on any atom is -0.480 e. The highest BCUT2D eigenvalue weighted by molar-refractivity contribution is 5.85. The largest absolute Gasteiger partial charge is 0.480 e. The van der Waals surface area contributed by atoms with Crippen LogP contribution in [0.25, 0.3) is 0 Å². The lowest BCUT2D eigenvalue weighted by atomic mass is 9.93. The Morgan fingerprint density at radius 3 is 2.37 bits per heavy atom. The monoisotopic (exact) mass is 317 g/mol. The van der Waals surface area contributed by atoms with Crippen molar-refractivity contribution in [2.75, 3.05) is 6.54 Å². The van der Waals surface area contributed by atoms with E-state index in [2.05, 4.69) is 4.99 Å². The first-order valence-corrected chi connectivity index (χ1v) is 5.45. The smallest absolute Gasteiger partial charge is 0.323 e. The van der Waals surface area contributed by atoms with Crippen molar-refractivity contribution in [1.82, 2.24) is 0 Å². The van der Waals surface area contributed by atoms with Gasteiger partial charge in [0.25, 0.3) is 0 Å². The summed E-state index contributed by atoms with van der Waals surface area (Å²) in [6, 6.07) is 0. The summed E-state index contributed by atoms with van der Waals surface area (Å²) in [4.78, 5) is 14.7. The number of carboxylic acids is 1. The first kappa shape index (κ1) is 23.3. The van der Waals surface area contributed by atoms with E-state index < -0.39 is 17.3 Å². The molecule has 0 radical (unpaired) electrons. The first-order valence-electron chi connectivity index (χ1n) is 5.45. The van der Waals surface area contributed by atoms with Crippen LogP contribution in [-0.4, -0.2) is 29.0 Å². The van der Waals surface area contributed by atoms with Crippen LogP contribution >= 0.6 is 24.8 Å². The number of carbonyl (C=O) groups is 1. The van der Waals surface area contributed by atoms with E-state index in [0.717, 1.165) is 0 Å². The average molecular weight is 318 g/mol. The first-order chi connectivity index (χ1) is 7.81. The third-order valence-corrected chi connectivity index (χ3v) is 2.46. The van der Waals surface area contributed by atoms with E-state index >= 15 is 0 Å². The normalized spacial score (nSPS) is 14.9. The lowest BCUT2D eigenvalue weighted by Gasteiger charge is -2.20. The Morgan fingerprint density at radius 2 is 2.00 bits per heavy atom. The quantitative estimate of drug-likeness (QED) is 0.494. The molecule has 0 saturated carbocycles. The van der Waals surface area contributed by atoms with Gasteiger partial charge in [-0.05, 0) is 19.8 Å². The average Bonchev–Trinajstić information content (AvgIpc) is 2.25. The van der Waals surface area contributed by atoms with E-state index in [1.807, 2.05) is 0 Å². The minimum atomic E-state index is -1.40. The zero-order chi connectivity index (χ0) is 13.5. The molecule has 0 spiro atoms. The van der Waals surface area contributed by atoms with Crippen molar-refractivity contribution in [3.63, 3.8) is 0 Å². The molecular formula is C11H22Cl2FN3O2. The van der Waals surface area contributed by atoms with Gasteiger partial charge in [-0.3, -0.25) is 9.79 Å². The molecule has 5 N–H and O–H groups in total. The molecular weight excluding hydrogens is 296 g/mol. The van der Waals surface area contributed by atoms with Crippen LogP contribution in [0.3, 0.4) is 0 Å². The maximum atomic E-state index is 13.3. The van der Waals surface area contributed by atoms with Crippen LogP contribution in [0, 0.1) is 0 Å². The van der Waals surface area contributed by atoms with E-state index in [4.69, 9.17) is 16.6 Å². The van der Waals surface area contributed by atoms with Crippen molar-refractivity contribution in [1.29, 1.82) is 0 Å². The van der Waals surface area contributed by atoms with Crippen molar-refractivity contribution >= 4 is 36.6 Å². The van der Waals surface area contributed by atoms with Crippen LogP contribution < -0.4 is 11.5 Å². The number of hydrogen-bond donors (Lipinski definition) is 3. The second-order valence-corrected chi connectivity index (χ2v) is 3.94. The van der Waals surface area contributed by atoms with Crippen molar-refractivity contribution in [3.8, 4) is 0 Å². The van der Waals surface area contributed by atoms with Crippen LogP contribution in [0.2, 0.25) is 0 Å². The van der Waals surface area contributed by atoms with Gasteiger partial charge in [-0.25, -0.2) is 4.39 Å². The molecule has 0 aliphatic heterocycles. The van der Waals surface area contributed by atoms with Gasteiger partial charge in [-0.1, -0.05) is 13.0 Å². The zero-order valence-corrected chi connectivity index (χ0v) is 12.7. The second-order valence-electron chi connectivity index (χ2n) is 3.94. The number of amidine groups is 1. The second kappa shape index (κ2) is 11.0. The molecule has 0 aliphatic carbocycles. The fourth-order valence-corrected chi connectivity index (χ4v) is 1.12. The van der Waals surface area contributed by atoms with Crippen LogP contribution in [0.5, 0.6) is 0 Å². The summed E-state index contributed by atoms with van der Waals surface area (Å²) in [6.07, 6.45) is 1.52. The van der Waals surface area contributed by atoms with E-state index in [0.29, 0.717) is 5.84 Å². The molecule has 0 aromatic heterocycles. The fourth-order valence-electron chi connectivity index (χ4n) is 1.12. The fraction of sp³-hybridized carbons (Fsp3) is 0.636. The number of nitrogens with zero attached hydrogens (tertiary/aromatic N) is 1. The van der Waals surface area contributed by atoms with E-state index in [1.165, 1.54) is 6.08 Å². The van der Waals surface area contributed by atoms with Gasteiger partial charge < -0.3 is 16.6 Å². The Kier molecular flexibility index (Phi) is 13.5. The van der Waals surface area contributed by atoms with Gasteiger partial charge in [0.1, 0.15) is 5.54 Å². The number of rotatable bonds is 7. The molecule has 0 fully saturated rings. The third kappa shape index (κ3) is 9.69. The van der Waals surface area contributed by atoms with E-state index in [-0.39, 0.29) is 50.6 Å². The Labute approximate surface area is 125 Å². The predicted octanol–water partition coefficient (Wildman–Crippen LogP) is 2.03. The molecule has 0 heterocycles. The van der Waals surface area contributed by atoms with Crippen LogP contribution in [0.4, 0.5) is 4.39 Å². The van der Waals surface area contributed by atoms with Gasteiger partial charge in [0.15, 0.2) is 0 Å². The molecule has 1 atom stereocenters. The van der Waals surface area contributed by atoms with Crippen molar-refractivity contribution in [2.24, 2.45) is 16.5 Å². The Bertz CT molecular complexity index is 334. The van der Waals surface area contributed by atoms with E-state index in [1.54, 1.807) is 13.8 Å². The molecule has 19 heavy (non-hydrogen) atoms. The summed E-state index contributed by atoms with van der Waals surface area (Å²) < 4.78 is 13.3. The Hall–Kier alpha value is -0.850. The molecule has 0 rings (SSSR count). The summed E-state index contributed by atoms with van der Waals surface area (Å²) in [5, 5.41) is 8.88. The molecule has 0 amide bonds. The predicted molar refractivity (Wildman–Crippen MR) is 79.9 cm³/mol. The molecule has 0 aliphatic rings. The number of hydrogen-bond acceptors (Lipinski definition) is 3. The highest BCUT2D eigenvalue weighted by atomic mass is 35.5. The molecule has 0 saturated heterocycles. The van der Waals surface area contributed by atoms with Gasteiger partial charge in [-0.2, -0.15) is 0 Å².